The van der Waals surface area contributed by atoms with E-state index in [1.54, 1.807) is 6.33 Å². The van der Waals surface area contributed by atoms with Crippen LogP contribution in [0.3, 0.4) is 0 Å². The Bertz CT molecular complexity index is 1150. The normalized spacial score (nSPS) is 15.9. The van der Waals surface area contributed by atoms with Crippen molar-refractivity contribution in [2.45, 2.75) is 19.0 Å². The third kappa shape index (κ3) is 3.47. The summed E-state index contributed by atoms with van der Waals surface area (Å²) in [4.78, 5) is 22.7. The lowest BCUT2D eigenvalue weighted by atomic mass is 9.93. The molecular weight excluding hydrogens is 362 g/mol. The first-order chi connectivity index (χ1) is 14.3. The van der Waals surface area contributed by atoms with Crippen LogP contribution in [0.5, 0.6) is 5.75 Å². The van der Waals surface area contributed by atoms with Crippen molar-refractivity contribution in [2.24, 2.45) is 0 Å². The number of ether oxygens (including phenoxy) is 1. The van der Waals surface area contributed by atoms with E-state index in [1.165, 1.54) is 11.1 Å². The predicted molar refractivity (Wildman–Crippen MR) is 112 cm³/mol. The molecule has 144 valence electrons. The van der Waals surface area contributed by atoms with Crippen LogP contribution in [0.4, 0.5) is 0 Å². The number of amides is 1. The zero-order valence-electron chi connectivity index (χ0n) is 15.9. The number of hydrogen-bond donors (Lipinski definition) is 1. The van der Waals surface area contributed by atoms with Crippen LogP contribution in [0.25, 0.3) is 11.0 Å². The van der Waals surface area contributed by atoms with Crippen molar-refractivity contribution in [2.75, 3.05) is 6.61 Å². The molecule has 0 fully saturated rings. The van der Waals surface area contributed by atoms with E-state index in [0.29, 0.717) is 18.7 Å². The number of nitrogens with one attached hydrogen (secondary N) is 1. The van der Waals surface area contributed by atoms with E-state index in [2.05, 4.69) is 28.2 Å². The minimum absolute atomic E-state index is 0.0117. The third-order valence-corrected chi connectivity index (χ3v) is 5.47. The van der Waals surface area contributed by atoms with Crippen molar-refractivity contribution in [1.29, 1.82) is 0 Å². The molecule has 1 N–H and O–H groups in total. The lowest BCUT2D eigenvalue weighted by Gasteiger charge is -2.37. The van der Waals surface area contributed by atoms with E-state index in [9.17, 15) is 4.79 Å². The molecule has 4 aromatic rings. The second-order valence-electron chi connectivity index (χ2n) is 7.32. The second-order valence-corrected chi connectivity index (χ2v) is 7.32. The molecule has 0 saturated heterocycles. The lowest BCUT2D eigenvalue weighted by molar-refractivity contribution is 0.0566. The van der Waals surface area contributed by atoms with Crippen molar-refractivity contribution in [3.8, 4) is 5.75 Å². The summed E-state index contributed by atoms with van der Waals surface area (Å²) in [5.41, 5.74) is 4.85. The van der Waals surface area contributed by atoms with Crippen molar-refractivity contribution >= 4 is 16.9 Å². The zero-order chi connectivity index (χ0) is 19.6. The van der Waals surface area contributed by atoms with Gasteiger partial charge >= 0.3 is 0 Å². The van der Waals surface area contributed by atoms with Crippen LogP contribution in [0.1, 0.15) is 21.5 Å². The number of para-hydroxylation sites is 1. The molecule has 1 amide bonds. The van der Waals surface area contributed by atoms with Gasteiger partial charge in [0.15, 0.2) is 0 Å². The Kier molecular flexibility index (Phi) is 4.48. The maximum absolute atomic E-state index is 13.4. The number of imidazole rings is 1. The highest BCUT2D eigenvalue weighted by molar-refractivity contribution is 5.97. The van der Waals surface area contributed by atoms with Gasteiger partial charge in [-0.2, -0.15) is 0 Å². The summed E-state index contributed by atoms with van der Waals surface area (Å²) in [6.07, 6.45) is 2.42. The van der Waals surface area contributed by atoms with Gasteiger partial charge < -0.3 is 14.6 Å². The third-order valence-electron chi connectivity index (χ3n) is 5.47. The summed E-state index contributed by atoms with van der Waals surface area (Å²) in [6, 6.07) is 23.6. The Labute approximate surface area is 169 Å². The van der Waals surface area contributed by atoms with Crippen LogP contribution in [0, 0.1) is 0 Å². The smallest absolute Gasteiger partial charge is 0.254 e. The molecule has 5 heteroatoms. The number of aromatic nitrogens is 2. The minimum Gasteiger partial charge on any atom is -0.491 e. The zero-order valence-corrected chi connectivity index (χ0v) is 15.9. The highest BCUT2D eigenvalue weighted by Crippen LogP contribution is 2.26. The van der Waals surface area contributed by atoms with Gasteiger partial charge in [0.1, 0.15) is 12.4 Å². The summed E-state index contributed by atoms with van der Waals surface area (Å²) in [5, 5.41) is 0. The second kappa shape index (κ2) is 7.43. The first-order valence-corrected chi connectivity index (χ1v) is 9.77. The van der Waals surface area contributed by atoms with Crippen LogP contribution in [0.2, 0.25) is 0 Å². The molecular formula is C24H21N3O2. The monoisotopic (exact) mass is 383 g/mol. The highest BCUT2D eigenvalue weighted by Gasteiger charge is 2.31. The Balaban J connectivity index is 1.44. The number of carbonyl (C=O) groups is 1. The molecule has 0 aliphatic carbocycles. The summed E-state index contributed by atoms with van der Waals surface area (Å²) < 4.78 is 6.02. The van der Waals surface area contributed by atoms with Crippen LogP contribution in [-0.2, 0) is 13.0 Å². The topological polar surface area (TPSA) is 58.2 Å². The maximum atomic E-state index is 13.4. The van der Waals surface area contributed by atoms with Gasteiger partial charge in [-0.15, -0.1) is 0 Å². The number of carbonyl (C=O) groups excluding carboxylic acids is 1. The SMILES string of the molecule is O=C(c1ccc2nc[nH]c2c1)N1Cc2ccccc2C[C@H]1COc1ccccc1. The fraction of sp³-hybridized carbons (Fsp3) is 0.167. The molecule has 1 atom stereocenters. The van der Waals surface area contributed by atoms with Crippen molar-refractivity contribution in [1.82, 2.24) is 14.9 Å². The Hall–Kier alpha value is -3.60. The van der Waals surface area contributed by atoms with E-state index in [1.807, 2.05) is 59.5 Å². The number of H-pyrrole nitrogens is 1. The molecule has 0 saturated carbocycles. The molecule has 29 heavy (non-hydrogen) atoms. The number of hydrogen-bond acceptors (Lipinski definition) is 3. The standard InChI is InChI=1S/C24H21N3O2/c28-24(18-10-11-22-23(13-18)26-16-25-22)27-14-19-7-5-4-6-17(19)12-20(27)15-29-21-8-2-1-3-9-21/h1-11,13,16,20H,12,14-15H2,(H,25,26)/t20-/m0/s1. The summed E-state index contributed by atoms with van der Waals surface area (Å²) >= 11 is 0. The number of fused-ring (bicyclic) bond motifs is 2. The Morgan fingerprint density at radius 3 is 2.69 bits per heavy atom. The van der Waals surface area contributed by atoms with Crippen molar-refractivity contribution in [3.05, 3.63) is 95.8 Å². The van der Waals surface area contributed by atoms with Gasteiger partial charge in [0.05, 0.1) is 23.4 Å². The minimum atomic E-state index is -0.0323. The molecule has 2 heterocycles. The number of benzene rings is 3. The molecule has 1 aliphatic rings. The van der Waals surface area contributed by atoms with E-state index in [4.69, 9.17) is 4.74 Å². The molecule has 5 nitrogen and oxygen atoms in total. The van der Waals surface area contributed by atoms with Gasteiger partial charge in [0, 0.05) is 12.1 Å². The predicted octanol–water partition coefficient (Wildman–Crippen LogP) is 4.21. The van der Waals surface area contributed by atoms with E-state index in [-0.39, 0.29) is 11.9 Å². The molecule has 5 rings (SSSR count). The Morgan fingerprint density at radius 2 is 1.83 bits per heavy atom. The molecule has 0 radical (unpaired) electrons. The number of aromatic amines is 1. The fourth-order valence-electron chi connectivity index (χ4n) is 3.92. The maximum Gasteiger partial charge on any atom is 0.254 e. The average molecular weight is 383 g/mol. The van der Waals surface area contributed by atoms with Gasteiger partial charge in [-0.3, -0.25) is 4.79 Å². The van der Waals surface area contributed by atoms with Crippen molar-refractivity contribution in [3.63, 3.8) is 0 Å². The van der Waals surface area contributed by atoms with Crippen LogP contribution < -0.4 is 4.74 Å². The van der Waals surface area contributed by atoms with Gasteiger partial charge in [-0.1, -0.05) is 42.5 Å². The largest absolute Gasteiger partial charge is 0.491 e. The van der Waals surface area contributed by atoms with Gasteiger partial charge in [-0.25, -0.2) is 4.98 Å². The first-order valence-electron chi connectivity index (χ1n) is 9.77. The van der Waals surface area contributed by atoms with E-state index >= 15 is 0 Å². The molecule has 0 unspecified atom stereocenters. The van der Waals surface area contributed by atoms with Crippen LogP contribution in [-0.4, -0.2) is 33.4 Å². The first kappa shape index (κ1) is 17.5. The van der Waals surface area contributed by atoms with E-state index in [0.717, 1.165) is 23.2 Å². The fourth-order valence-corrected chi connectivity index (χ4v) is 3.92. The summed E-state index contributed by atoms with van der Waals surface area (Å²) in [5.74, 6) is 0.829. The summed E-state index contributed by atoms with van der Waals surface area (Å²) in [6.45, 7) is 1.04. The lowest BCUT2D eigenvalue weighted by Crippen LogP contribution is -2.47. The number of nitrogens with zero attached hydrogens (tertiary/aromatic N) is 2. The molecule has 1 aromatic heterocycles. The Morgan fingerprint density at radius 1 is 1.03 bits per heavy atom. The van der Waals surface area contributed by atoms with Crippen LogP contribution >= 0.6 is 0 Å². The van der Waals surface area contributed by atoms with E-state index < -0.39 is 0 Å². The van der Waals surface area contributed by atoms with Gasteiger partial charge in [-0.05, 0) is 47.9 Å². The molecule has 0 bridgehead atoms. The quantitative estimate of drug-likeness (QED) is 0.574. The van der Waals surface area contributed by atoms with Gasteiger partial charge in [0.2, 0.25) is 0 Å². The highest BCUT2D eigenvalue weighted by atomic mass is 16.5. The van der Waals surface area contributed by atoms with Gasteiger partial charge in [0.25, 0.3) is 5.91 Å². The summed E-state index contributed by atoms with van der Waals surface area (Å²) in [7, 11) is 0. The molecule has 1 aliphatic heterocycles. The van der Waals surface area contributed by atoms with Crippen LogP contribution in [0.15, 0.2) is 79.1 Å². The number of rotatable bonds is 4. The molecule has 0 spiro atoms. The molecule has 3 aromatic carbocycles. The van der Waals surface area contributed by atoms with Crippen molar-refractivity contribution < 1.29 is 9.53 Å². The average Bonchev–Trinajstić information content (AvgIpc) is 3.25.